The van der Waals surface area contributed by atoms with E-state index in [9.17, 15) is 5.11 Å². The molecular weight excluding hydrogens is 380 g/mol. The van der Waals surface area contributed by atoms with E-state index in [-0.39, 0.29) is 12.5 Å². The van der Waals surface area contributed by atoms with E-state index in [1.54, 1.807) is 0 Å². The zero-order chi connectivity index (χ0) is 20.5. The molecule has 1 fully saturated rings. The van der Waals surface area contributed by atoms with Crippen LogP contribution in [0.25, 0.3) is 0 Å². The zero-order valence-corrected chi connectivity index (χ0v) is 18.4. The third kappa shape index (κ3) is 6.04. The van der Waals surface area contributed by atoms with Gasteiger partial charge in [-0.3, -0.25) is 9.89 Å². The number of benzene rings is 1. The van der Waals surface area contributed by atoms with E-state index < -0.39 is 0 Å². The molecule has 2 heterocycles. The minimum atomic E-state index is 0.0198. The van der Waals surface area contributed by atoms with Crippen molar-refractivity contribution < 1.29 is 5.11 Å². The van der Waals surface area contributed by atoms with Crippen LogP contribution in [0.15, 0.2) is 52.8 Å². The van der Waals surface area contributed by atoms with Crippen LogP contribution in [0.2, 0.25) is 0 Å². The van der Waals surface area contributed by atoms with Crippen LogP contribution >= 0.6 is 11.3 Å². The fraction of sp³-hybridized carbons (Fsp3) is 0.522. The molecule has 0 spiro atoms. The first kappa shape index (κ1) is 21.8. The molecular formula is C23H34N4OS. The first-order chi connectivity index (χ1) is 14.2. The molecule has 1 aliphatic heterocycles. The van der Waals surface area contributed by atoms with Crippen molar-refractivity contribution in [2.24, 2.45) is 10.9 Å². The monoisotopic (exact) mass is 414 g/mol. The maximum absolute atomic E-state index is 9.81. The molecule has 6 heteroatoms. The van der Waals surface area contributed by atoms with Crippen molar-refractivity contribution >= 4 is 17.3 Å². The minimum Gasteiger partial charge on any atom is -0.396 e. The topological polar surface area (TPSA) is 59.9 Å². The van der Waals surface area contributed by atoms with Gasteiger partial charge in [-0.2, -0.15) is 0 Å². The summed E-state index contributed by atoms with van der Waals surface area (Å²) in [5.41, 5.74) is 1.13. The third-order valence-electron chi connectivity index (χ3n) is 5.68. The quantitative estimate of drug-likeness (QED) is 0.457. The maximum atomic E-state index is 9.81. The predicted molar refractivity (Wildman–Crippen MR) is 123 cm³/mol. The molecule has 0 aliphatic carbocycles. The molecule has 3 atom stereocenters. The molecule has 0 amide bonds. The lowest BCUT2D eigenvalue weighted by Gasteiger charge is -2.39. The van der Waals surface area contributed by atoms with Gasteiger partial charge in [-0.15, -0.1) is 11.3 Å². The molecule has 3 N–H and O–H groups in total. The van der Waals surface area contributed by atoms with Crippen molar-refractivity contribution in [3.63, 3.8) is 0 Å². The van der Waals surface area contributed by atoms with Crippen LogP contribution < -0.4 is 10.6 Å². The summed E-state index contributed by atoms with van der Waals surface area (Å²) in [5.74, 6) is 1.41. The highest BCUT2D eigenvalue weighted by Crippen LogP contribution is 2.36. The Morgan fingerprint density at radius 2 is 2.07 bits per heavy atom. The van der Waals surface area contributed by atoms with Gasteiger partial charge >= 0.3 is 0 Å². The number of rotatable bonds is 8. The SMILES string of the molecule is CCNC(=NCC(CO)c1ccccc1)NCC1CCCN(C)C1c1cccs1. The van der Waals surface area contributed by atoms with Crippen LogP contribution in [-0.2, 0) is 0 Å². The number of aliphatic hydroxyl groups is 1. The van der Waals surface area contributed by atoms with Gasteiger partial charge in [0.25, 0.3) is 0 Å². The van der Waals surface area contributed by atoms with Gasteiger partial charge in [0, 0.05) is 29.9 Å². The normalized spacial score (nSPS) is 21.7. The first-order valence-corrected chi connectivity index (χ1v) is 11.5. The van der Waals surface area contributed by atoms with Crippen LogP contribution in [0.4, 0.5) is 0 Å². The molecule has 2 aromatic rings. The van der Waals surface area contributed by atoms with Crippen molar-refractivity contribution in [1.29, 1.82) is 0 Å². The van der Waals surface area contributed by atoms with Gasteiger partial charge in [0.1, 0.15) is 0 Å². The van der Waals surface area contributed by atoms with E-state index in [1.807, 2.05) is 29.5 Å². The van der Waals surface area contributed by atoms with Gasteiger partial charge in [-0.25, -0.2) is 0 Å². The van der Waals surface area contributed by atoms with Gasteiger partial charge in [0.2, 0.25) is 0 Å². The fourth-order valence-electron chi connectivity index (χ4n) is 4.15. The molecule has 1 saturated heterocycles. The highest BCUT2D eigenvalue weighted by molar-refractivity contribution is 7.10. The van der Waals surface area contributed by atoms with E-state index >= 15 is 0 Å². The van der Waals surface area contributed by atoms with Crippen molar-refractivity contribution in [3.8, 4) is 0 Å². The molecule has 3 rings (SSSR count). The Morgan fingerprint density at radius 1 is 1.24 bits per heavy atom. The maximum Gasteiger partial charge on any atom is 0.191 e. The number of aliphatic imine (C=N–C) groups is 1. The van der Waals surface area contributed by atoms with Crippen LogP contribution in [0.5, 0.6) is 0 Å². The minimum absolute atomic E-state index is 0.0198. The van der Waals surface area contributed by atoms with Gasteiger partial charge in [-0.1, -0.05) is 36.4 Å². The van der Waals surface area contributed by atoms with Crippen molar-refractivity contribution in [2.45, 2.75) is 31.7 Å². The van der Waals surface area contributed by atoms with Crippen LogP contribution in [-0.4, -0.2) is 55.8 Å². The predicted octanol–water partition coefficient (Wildman–Crippen LogP) is 3.46. The Bertz CT molecular complexity index is 735. The second-order valence-electron chi connectivity index (χ2n) is 7.73. The van der Waals surface area contributed by atoms with E-state index in [4.69, 9.17) is 4.99 Å². The Balaban J connectivity index is 1.64. The lowest BCUT2D eigenvalue weighted by Crippen LogP contribution is -2.45. The number of hydrogen-bond donors (Lipinski definition) is 3. The molecule has 1 aromatic carbocycles. The Morgan fingerprint density at radius 3 is 2.76 bits per heavy atom. The van der Waals surface area contributed by atoms with Crippen molar-refractivity contribution in [3.05, 3.63) is 58.3 Å². The summed E-state index contributed by atoms with van der Waals surface area (Å²) < 4.78 is 0. The Kier molecular flexibility index (Phi) is 8.52. The molecule has 3 unspecified atom stereocenters. The highest BCUT2D eigenvalue weighted by Gasteiger charge is 2.31. The second kappa shape index (κ2) is 11.3. The van der Waals surface area contributed by atoms with E-state index in [1.165, 1.54) is 17.7 Å². The smallest absolute Gasteiger partial charge is 0.191 e. The number of nitrogens with one attached hydrogen (secondary N) is 2. The first-order valence-electron chi connectivity index (χ1n) is 10.6. The van der Waals surface area contributed by atoms with Crippen LogP contribution in [0, 0.1) is 5.92 Å². The molecule has 29 heavy (non-hydrogen) atoms. The van der Waals surface area contributed by atoms with Gasteiger partial charge in [-0.05, 0) is 56.3 Å². The molecule has 5 nitrogen and oxygen atoms in total. The van der Waals surface area contributed by atoms with Crippen LogP contribution in [0.1, 0.15) is 42.2 Å². The Labute approximate surface area is 178 Å². The lowest BCUT2D eigenvalue weighted by atomic mass is 9.88. The molecule has 0 bridgehead atoms. The number of guanidine groups is 1. The number of nitrogens with zero attached hydrogens (tertiary/aromatic N) is 2. The summed E-state index contributed by atoms with van der Waals surface area (Å²) in [6, 6.07) is 15.0. The third-order valence-corrected chi connectivity index (χ3v) is 6.62. The van der Waals surface area contributed by atoms with E-state index in [0.29, 0.717) is 18.5 Å². The standard InChI is InChI=1S/C23H34N4OS/c1-3-24-23(26-16-20(17-28)18-9-5-4-6-10-18)25-15-19-11-7-13-27(2)22(19)21-12-8-14-29-21/h4-6,8-10,12,14,19-20,22,28H,3,7,11,13,15-17H2,1-2H3,(H2,24,25,26). The summed E-state index contributed by atoms with van der Waals surface area (Å²) in [4.78, 5) is 8.71. The molecule has 1 aliphatic rings. The molecule has 158 valence electrons. The zero-order valence-electron chi connectivity index (χ0n) is 17.6. The molecule has 0 radical (unpaired) electrons. The average molecular weight is 415 g/mol. The molecule has 1 aromatic heterocycles. The van der Waals surface area contributed by atoms with Gasteiger partial charge in [0.15, 0.2) is 5.96 Å². The van der Waals surface area contributed by atoms with E-state index in [2.05, 4.69) is 59.2 Å². The Hall–Kier alpha value is -1.89. The summed E-state index contributed by atoms with van der Waals surface area (Å²) in [5, 5.41) is 18.9. The number of hydrogen-bond acceptors (Lipinski definition) is 4. The largest absolute Gasteiger partial charge is 0.396 e. The summed E-state index contributed by atoms with van der Waals surface area (Å²) in [6.07, 6.45) is 2.46. The van der Waals surface area contributed by atoms with E-state index in [0.717, 1.165) is 31.2 Å². The summed E-state index contributed by atoms with van der Waals surface area (Å²) in [6.45, 7) is 5.62. The van der Waals surface area contributed by atoms with Gasteiger partial charge < -0.3 is 15.7 Å². The van der Waals surface area contributed by atoms with Gasteiger partial charge in [0.05, 0.1) is 13.2 Å². The number of likely N-dealkylation sites (tertiary alicyclic amines) is 1. The van der Waals surface area contributed by atoms with Crippen molar-refractivity contribution in [2.75, 3.05) is 39.8 Å². The summed E-state index contributed by atoms with van der Waals surface area (Å²) >= 11 is 1.85. The summed E-state index contributed by atoms with van der Waals surface area (Å²) in [7, 11) is 2.24. The molecule has 0 saturated carbocycles. The number of thiophene rings is 1. The highest BCUT2D eigenvalue weighted by atomic mass is 32.1. The average Bonchev–Trinajstić information content (AvgIpc) is 3.27. The number of piperidine rings is 1. The number of aliphatic hydroxyl groups excluding tert-OH is 1. The fourth-order valence-corrected chi connectivity index (χ4v) is 5.13. The van der Waals surface area contributed by atoms with Crippen LogP contribution in [0.3, 0.4) is 0 Å². The second-order valence-corrected chi connectivity index (χ2v) is 8.71. The van der Waals surface area contributed by atoms with Crippen molar-refractivity contribution in [1.82, 2.24) is 15.5 Å². The lowest BCUT2D eigenvalue weighted by molar-refractivity contribution is 0.125.